The van der Waals surface area contributed by atoms with Crippen molar-refractivity contribution in [1.29, 1.82) is 0 Å². The SMILES string of the molecule is CNC1CN(c2c(F)cc3c(=O)c(C(=O)O)cn(C4CC4)c3c2C)C2CCOC12. The average molecular weight is 401 g/mol. The topological polar surface area (TPSA) is 83.8 Å². The zero-order chi connectivity index (χ0) is 20.4. The van der Waals surface area contributed by atoms with Gasteiger partial charge in [0.1, 0.15) is 11.4 Å². The van der Waals surface area contributed by atoms with Crippen molar-refractivity contribution < 1.29 is 19.0 Å². The molecule has 0 amide bonds. The van der Waals surface area contributed by atoms with E-state index in [1.807, 2.05) is 18.5 Å². The van der Waals surface area contributed by atoms with Gasteiger partial charge in [0.05, 0.1) is 29.4 Å². The molecule has 2 saturated heterocycles. The Balaban J connectivity index is 1.74. The molecule has 1 aromatic carbocycles. The summed E-state index contributed by atoms with van der Waals surface area (Å²) in [6.07, 6.45) is 4.11. The van der Waals surface area contributed by atoms with E-state index in [2.05, 4.69) is 10.2 Å². The maximum atomic E-state index is 15.4. The molecule has 7 nitrogen and oxygen atoms in total. The lowest BCUT2D eigenvalue weighted by Gasteiger charge is -2.28. The van der Waals surface area contributed by atoms with Crippen LogP contribution in [0, 0.1) is 12.7 Å². The monoisotopic (exact) mass is 401 g/mol. The van der Waals surface area contributed by atoms with Gasteiger partial charge in [-0.25, -0.2) is 9.18 Å². The number of nitrogens with zero attached hydrogens (tertiary/aromatic N) is 2. The Kier molecular flexibility index (Phi) is 4.18. The summed E-state index contributed by atoms with van der Waals surface area (Å²) in [6, 6.07) is 1.57. The van der Waals surface area contributed by atoms with E-state index in [-0.39, 0.29) is 35.2 Å². The van der Waals surface area contributed by atoms with Gasteiger partial charge in [0, 0.05) is 30.8 Å². The lowest BCUT2D eigenvalue weighted by atomic mass is 10.0. The summed E-state index contributed by atoms with van der Waals surface area (Å²) < 4.78 is 23.1. The van der Waals surface area contributed by atoms with E-state index >= 15 is 4.39 Å². The number of carbonyl (C=O) groups is 1. The molecule has 2 aliphatic heterocycles. The normalized spacial score (nSPS) is 26.3. The molecule has 0 radical (unpaired) electrons. The third kappa shape index (κ3) is 2.69. The first-order valence-corrected chi connectivity index (χ1v) is 10.1. The molecule has 5 rings (SSSR count). The Morgan fingerprint density at radius 1 is 1.34 bits per heavy atom. The minimum atomic E-state index is -1.28. The number of aromatic carboxylic acids is 1. The van der Waals surface area contributed by atoms with Crippen molar-refractivity contribution >= 4 is 22.6 Å². The largest absolute Gasteiger partial charge is 0.477 e. The number of anilines is 1. The van der Waals surface area contributed by atoms with E-state index in [0.29, 0.717) is 29.9 Å². The molecular formula is C21H24FN3O4. The highest BCUT2D eigenvalue weighted by atomic mass is 19.1. The average Bonchev–Trinajstić information content (AvgIpc) is 3.31. The molecule has 8 heteroatoms. The number of carboxylic acids is 1. The van der Waals surface area contributed by atoms with Crippen molar-refractivity contribution in [3.05, 3.63) is 39.4 Å². The smallest absolute Gasteiger partial charge is 0.341 e. The Bertz CT molecular complexity index is 1080. The first-order valence-electron chi connectivity index (χ1n) is 10.1. The predicted molar refractivity (Wildman–Crippen MR) is 106 cm³/mol. The van der Waals surface area contributed by atoms with Gasteiger partial charge in [0.25, 0.3) is 0 Å². The van der Waals surface area contributed by atoms with Crippen LogP contribution >= 0.6 is 0 Å². The molecule has 0 spiro atoms. The van der Waals surface area contributed by atoms with Crippen LogP contribution in [0.4, 0.5) is 10.1 Å². The number of aromatic nitrogens is 1. The zero-order valence-corrected chi connectivity index (χ0v) is 16.4. The van der Waals surface area contributed by atoms with Crippen molar-refractivity contribution in [3.63, 3.8) is 0 Å². The van der Waals surface area contributed by atoms with E-state index in [1.165, 1.54) is 12.3 Å². The number of halogens is 1. The molecule has 3 aliphatic rings. The fraction of sp³-hybridized carbons (Fsp3) is 0.524. The van der Waals surface area contributed by atoms with Crippen molar-refractivity contribution in [2.45, 2.75) is 50.4 Å². The number of rotatable bonds is 4. The number of pyridine rings is 1. The Morgan fingerprint density at radius 3 is 2.76 bits per heavy atom. The summed E-state index contributed by atoms with van der Waals surface area (Å²) in [6.45, 7) is 3.10. The Hall–Kier alpha value is -2.45. The number of aryl methyl sites for hydroxylation is 1. The number of likely N-dealkylation sites (N-methyl/N-ethyl adjacent to an activating group) is 1. The third-order valence-electron chi connectivity index (χ3n) is 6.60. The van der Waals surface area contributed by atoms with Gasteiger partial charge in [-0.2, -0.15) is 0 Å². The first kappa shape index (κ1) is 18.6. The molecule has 154 valence electrons. The second kappa shape index (κ2) is 6.53. The number of hydrogen-bond donors (Lipinski definition) is 2. The second-order valence-corrected chi connectivity index (χ2v) is 8.28. The van der Waals surface area contributed by atoms with Crippen LogP contribution in [0.15, 0.2) is 17.1 Å². The van der Waals surface area contributed by atoms with Crippen molar-refractivity contribution in [2.75, 3.05) is 25.1 Å². The highest BCUT2D eigenvalue weighted by Crippen LogP contribution is 2.42. The van der Waals surface area contributed by atoms with Crippen LogP contribution in [0.3, 0.4) is 0 Å². The van der Waals surface area contributed by atoms with Crippen molar-refractivity contribution in [3.8, 4) is 0 Å². The summed E-state index contributed by atoms with van der Waals surface area (Å²) in [5, 5.41) is 12.8. The highest BCUT2D eigenvalue weighted by Gasteiger charge is 2.46. The van der Waals surface area contributed by atoms with Crippen molar-refractivity contribution in [1.82, 2.24) is 9.88 Å². The van der Waals surface area contributed by atoms with Gasteiger partial charge in [-0.15, -0.1) is 0 Å². The summed E-state index contributed by atoms with van der Waals surface area (Å²) in [5.74, 6) is -1.77. The number of fused-ring (bicyclic) bond motifs is 2. The summed E-state index contributed by atoms with van der Waals surface area (Å²) in [5.41, 5.74) is 0.879. The quantitative estimate of drug-likeness (QED) is 0.816. The maximum absolute atomic E-state index is 15.4. The molecule has 2 N–H and O–H groups in total. The van der Waals surface area contributed by atoms with Gasteiger partial charge < -0.3 is 24.6 Å². The number of ether oxygens (including phenoxy) is 1. The molecule has 0 bridgehead atoms. The molecule has 1 saturated carbocycles. The van der Waals surface area contributed by atoms with Crippen LogP contribution in [0.1, 0.15) is 41.2 Å². The van der Waals surface area contributed by atoms with E-state index in [1.54, 1.807) is 0 Å². The first-order chi connectivity index (χ1) is 13.9. The fourth-order valence-corrected chi connectivity index (χ4v) is 5.10. The van der Waals surface area contributed by atoms with Gasteiger partial charge in [0.2, 0.25) is 5.43 Å². The molecule has 3 fully saturated rings. The van der Waals surface area contributed by atoms with Gasteiger partial charge in [0.15, 0.2) is 0 Å². The molecule has 29 heavy (non-hydrogen) atoms. The fourth-order valence-electron chi connectivity index (χ4n) is 5.10. The summed E-state index contributed by atoms with van der Waals surface area (Å²) >= 11 is 0. The second-order valence-electron chi connectivity index (χ2n) is 8.28. The number of hydrogen-bond acceptors (Lipinski definition) is 5. The maximum Gasteiger partial charge on any atom is 0.341 e. The summed E-state index contributed by atoms with van der Waals surface area (Å²) in [7, 11) is 1.88. The summed E-state index contributed by atoms with van der Waals surface area (Å²) in [4.78, 5) is 26.4. The van der Waals surface area contributed by atoms with E-state index in [9.17, 15) is 14.7 Å². The van der Waals surface area contributed by atoms with Crippen LogP contribution in [-0.2, 0) is 4.74 Å². The van der Waals surface area contributed by atoms with Crippen LogP contribution in [0.5, 0.6) is 0 Å². The Morgan fingerprint density at radius 2 is 2.10 bits per heavy atom. The van der Waals surface area contributed by atoms with Crippen LogP contribution in [-0.4, -0.2) is 54.0 Å². The van der Waals surface area contributed by atoms with Crippen LogP contribution in [0.25, 0.3) is 10.9 Å². The molecule has 3 atom stereocenters. The van der Waals surface area contributed by atoms with E-state index < -0.39 is 17.2 Å². The van der Waals surface area contributed by atoms with Gasteiger partial charge in [-0.1, -0.05) is 0 Å². The minimum absolute atomic E-state index is 0.00880. The molecule has 1 aromatic heterocycles. The number of benzene rings is 1. The lowest BCUT2D eigenvalue weighted by Crippen LogP contribution is -2.37. The van der Waals surface area contributed by atoms with E-state index in [0.717, 1.165) is 19.3 Å². The highest BCUT2D eigenvalue weighted by molar-refractivity contribution is 5.95. The minimum Gasteiger partial charge on any atom is -0.477 e. The Labute approximate surface area is 167 Å². The van der Waals surface area contributed by atoms with Gasteiger partial charge in [-0.3, -0.25) is 4.79 Å². The molecule has 3 unspecified atom stereocenters. The van der Waals surface area contributed by atoms with E-state index in [4.69, 9.17) is 4.74 Å². The lowest BCUT2D eigenvalue weighted by molar-refractivity contribution is 0.0694. The predicted octanol–water partition coefficient (Wildman–Crippen LogP) is 2.05. The standard InChI is InChI=1S/C21H24FN3O4/c1-10-17-12(19(26)13(21(27)28)8-24(17)11-3-4-11)7-14(22)18(10)25-9-15(23-2)20-16(25)5-6-29-20/h7-8,11,15-16,20,23H,3-6,9H2,1-2H3,(H,27,28). The zero-order valence-electron chi connectivity index (χ0n) is 16.4. The van der Waals surface area contributed by atoms with Gasteiger partial charge in [-0.05, 0) is 44.9 Å². The molecule has 3 heterocycles. The number of carboxylic acid groups (broad SMARTS) is 1. The van der Waals surface area contributed by atoms with Crippen LogP contribution in [0.2, 0.25) is 0 Å². The molecule has 2 aromatic rings. The number of nitrogens with one attached hydrogen (secondary N) is 1. The third-order valence-corrected chi connectivity index (χ3v) is 6.60. The van der Waals surface area contributed by atoms with Crippen molar-refractivity contribution in [2.24, 2.45) is 0 Å². The molecular weight excluding hydrogens is 377 g/mol. The molecule has 1 aliphatic carbocycles. The van der Waals surface area contributed by atoms with Crippen LogP contribution < -0.4 is 15.6 Å². The van der Waals surface area contributed by atoms with Gasteiger partial charge >= 0.3 is 5.97 Å².